The van der Waals surface area contributed by atoms with Crippen molar-refractivity contribution < 1.29 is 24.2 Å². The van der Waals surface area contributed by atoms with Crippen LogP contribution in [-0.4, -0.2) is 23.7 Å². The monoisotopic (exact) mass is 424 g/mol. The first-order valence-corrected chi connectivity index (χ1v) is 12.0. The molecule has 2 fully saturated rings. The van der Waals surface area contributed by atoms with Gasteiger partial charge in [-0.25, -0.2) is 9.59 Å². The Morgan fingerprint density at radius 2 is 1.87 bits per heavy atom. The van der Waals surface area contributed by atoms with Crippen molar-refractivity contribution >= 4 is 11.9 Å². The Morgan fingerprint density at radius 1 is 1.10 bits per heavy atom. The van der Waals surface area contributed by atoms with E-state index < -0.39 is 10.8 Å². The molecule has 1 N–H and O–H groups in total. The first-order chi connectivity index (χ1) is 15.0. The van der Waals surface area contributed by atoms with Crippen LogP contribution < -0.4 is 0 Å². The number of allylic oxidation sites excluding steroid dienone is 5. The standard InChI is InChI=1S/C26H32O5/c1-3-5-7-20-17-9-10-18-16-11-12-25(26(18,13-14-27)22(17)24(29)30-20)19(15-16)23(28)31-21(25)8-6-4-2/h7-8,15-16,18,27H,3-6,9-14H2,1-2H3. The molecule has 166 valence electrons. The van der Waals surface area contributed by atoms with E-state index in [9.17, 15) is 14.7 Å². The van der Waals surface area contributed by atoms with E-state index in [0.29, 0.717) is 23.5 Å². The van der Waals surface area contributed by atoms with Crippen LogP contribution in [0.2, 0.25) is 0 Å². The Kier molecular flexibility index (Phi) is 5.00. The molecule has 4 unspecified atom stereocenters. The SMILES string of the molecule is CCCC=C1OC(=O)C2=C1CCC1C3C=C4C(=O)OC(=CCCC)C4(CC3)C21CCO. The van der Waals surface area contributed by atoms with Gasteiger partial charge in [-0.2, -0.15) is 0 Å². The minimum absolute atomic E-state index is 0.0361. The highest BCUT2D eigenvalue weighted by molar-refractivity contribution is 6.01. The number of hydrogen-bond donors (Lipinski definition) is 1. The summed E-state index contributed by atoms with van der Waals surface area (Å²) in [5.41, 5.74) is 1.12. The minimum atomic E-state index is -0.665. The molecule has 5 nitrogen and oxygen atoms in total. The highest BCUT2D eigenvalue weighted by atomic mass is 16.5. The van der Waals surface area contributed by atoms with E-state index in [1.165, 1.54) is 0 Å². The molecule has 0 aromatic heterocycles. The number of carbonyl (C=O) groups is 2. The van der Waals surface area contributed by atoms with E-state index in [0.717, 1.165) is 62.5 Å². The van der Waals surface area contributed by atoms with Crippen molar-refractivity contribution in [3.63, 3.8) is 0 Å². The summed E-state index contributed by atoms with van der Waals surface area (Å²) in [5.74, 6) is 1.27. The third kappa shape index (κ3) is 2.53. The third-order valence-corrected chi connectivity index (χ3v) is 8.35. The van der Waals surface area contributed by atoms with E-state index in [2.05, 4.69) is 26.0 Å². The lowest BCUT2D eigenvalue weighted by Gasteiger charge is -2.62. The number of ether oxygens (including phenoxy) is 2. The van der Waals surface area contributed by atoms with E-state index in [-0.39, 0.29) is 30.4 Å². The molecule has 31 heavy (non-hydrogen) atoms. The summed E-state index contributed by atoms with van der Waals surface area (Å²) in [5, 5.41) is 10.3. The van der Waals surface area contributed by atoms with Gasteiger partial charge < -0.3 is 14.6 Å². The molecule has 2 heterocycles. The molecule has 4 aliphatic carbocycles. The molecular formula is C26H32O5. The van der Waals surface area contributed by atoms with Crippen LogP contribution in [0.1, 0.15) is 71.6 Å². The van der Waals surface area contributed by atoms with Gasteiger partial charge in [0.05, 0.1) is 11.0 Å². The summed E-state index contributed by atoms with van der Waals surface area (Å²) in [6.07, 6.45) is 13.8. The number of unbranched alkanes of at least 4 members (excludes halogenated alkanes) is 2. The molecule has 1 saturated heterocycles. The normalized spacial score (nSPS) is 38.2. The van der Waals surface area contributed by atoms with E-state index >= 15 is 0 Å². The lowest BCUT2D eigenvalue weighted by molar-refractivity contribution is -0.138. The highest BCUT2D eigenvalue weighted by Crippen LogP contribution is 2.75. The Labute approximate surface area is 183 Å². The van der Waals surface area contributed by atoms with Crippen molar-refractivity contribution in [2.45, 2.75) is 71.6 Å². The van der Waals surface area contributed by atoms with E-state index in [1.807, 2.05) is 6.08 Å². The first kappa shape index (κ1) is 20.7. The second-order valence-corrected chi connectivity index (χ2v) is 9.63. The number of rotatable bonds is 6. The van der Waals surface area contributed by atoms with Gasteiger partial charge in [-0.1, -0.05) is 32.8 Å². The first-order valence-electron chi connectivity index (χ1n) is 12.0. The fourth-order valence-corrected chi connectivity index (χ4v) is 7.33. The zero-order valence-corrected chi connectivity index (χ0v) is 18.5. The van der Waals surface area contributed by atoms with Crippen LogP contribution in [-0.2, 0) is 19.1 Å². The molecule has 6 aliphatic rings. The van der Waals surface area contributed by atoms with Crippen molar-refractivity contribution in [1.29, 1.82) is 0 Å². The van der Waals surface area contributed by atoms with Gasteiger partial charge in [0.25, 0.3) is 0 Å². The molecule has 0 aromatic carbocycles. The number of carbonyl (C=O) groups excluding carboxylic acids is 2. The van der Waals surface area contributed by atoms with Crippen LogP contribution in [0.25, 0.3) is 0 Å². The number of esters is 2. The van der Waals surface area contributed by atoms with Crippen LogP contribution in [0, 0.1) is 22.7 Å². The molecule has 5 heteroatoms. The summed E-state index contributed by atoms with van der Waals surface area (Å²) in [7, 11) is 0. The van der Waals surface area contributed by atoms with Gasteiger partial charge in [0.2, 0.25) is 0 Å². The molecule has 0 amide bonds. The zero-order valence-electron chi connectivity index (χ0n) is 18.5. The lowest BCUT2D eigenvalue weighted by atomic mass is 9.38. The number of aliphatic hydroxyl groups is 1. The summed E-state index contributed by atoms with van der Waals surface area (Å²) >= 11 is 0. The minimum Gasteiger partial charge on any atom is -0.427 e. The number of fused-ring (bicyclic) bond motifs is 1. The maximum absolute atomic E-state index is 13.4. The fraction of sp³-hybridized carbons (Fsp3) is 0.615. The van der Waals surface area contributed by atoms with Crippen LogP contribution in [0.5, 0.6) is 0 Å². The molecule has 4 atom stereocenters. The number of cyclic esters (lactones) is 2. The van der Waals surface area contributed by atoms with Crippen molar-refractivity contribution in [2.24, 2.45) is 22.7 Å². The predicted molar refractivity (Wildman–Crippen MR) is 115 cm³/mol. The van der Waals surface area contributed by atoms with Crippen LogP contribution in [0.3, 0.4) is 0 Å². The van der Waals surface area contributed by atoms with Crippen molar-refractivity contribution in [1.82, 2.24) is 0 Å². The Bertz CT molecular complexity index is 951. The average Bonchev–Trinajstić information content (AvgIpc) is 3.26. The summed E-state index contributed by atoms with van der Waals surface area (Å²) in [6, 6.07) is 0. The smallest absolute Gasteiger partial charge is 0.340 e. The Morgan fingerprint density at radius 3 is 2.61 bits per heavy atom. The number of hydrogen-bond acceptors (Lipinski definition) is 5. The second kappa shape index (κ2) is 7.47. The molecule has 6 rings (SSSR count). The quantitative estimate of drug-likeness (QED) is 0.615. The van der Waals surface area contributed by atoms with Gasteiger partial charge in [0.1, 0.15) is 11.5 Å². The molecule has 2 aliphatic heterocycles. The second-order valence-electron chi connectivity index (χ2n) is 9.63. The van der Waals surface area contributed by atoms with Crippen LogP contribution in [0.15, 0.2) is 46.5 Å². The topological polar surface area (TPSA) is 72.8 Å². The van der Waals surface area contributed by atoms with Crippen LogP contribution in [0.4, 0.5) is 0 Å². The summed E-state index contributed by atoms with van der Waals surface area (Å²) < 4.78 is 11.7. The van der Waals surface area contributed by atoms with Crippen LogP contribution >= 0.6 is 0 Å². The molecule has 0 aromatic rings. The lowest BCUT2D eigenvalue weighted by Crippen LogP contribution is -2.59. The zero-order chi connectivity index (χ0) is 21.8. The predicted octanol–water partition coefficient (Wildman–Crippen LogP) is 4.88. The molecule has 1 saturated carbocycles. The third-order valence-electron chi connectivity index (χ3n) is 8.35. The Hall–Kier alpha value is -2.14. The van der Waals surface area contributed by atoms with Gasteiger partial charge in [0.15, 0.2) is 0 Å². The summed E-state index contributed by atoms with van der Waals surface area (Å²) in [4.78, 5) is 26.4. The maximum atomic E-state index is 13.4. The number of aliphatic hydroxyl groups excluding tert-OH is 1. The molecule has 0 radical (unpaired) electrons. The molecule has 2 bridgehead atoms. The van der Waals surface area contributed by atoms with Gasteiger partial charge in [-0.15, -0.1) is 0 Å². The van der Waals surface area contributed by atoms with Gasteiger partial charge in [-0.3, -0.25) is 0 Å². The van der Waals surface area contributed by atoms with Crippen molar-refractivity contribution in [2.75, 3.05) is 6.61 Å². The summed E-state index contributed by atoms with van der Waals surface area (Å²) in [6.45, 7) is 4.17. The maximum Gasteiger partial charge on any atom is 0.340 e. The van der Waals surface area contributed by atoms with Gasteiger partial charge in [-0.05, 0) is 68.9 Å². The average molecular weight is 425 g/mol. The Balaban J connectivity index is 1.78. The highest BCUT2D eigenvalue weighted by Gasteiger charge is 2.73. The van der Waals surface area contributed by atoms with Gasteiger partial charge >= 0.3 is 11.9 Å². The van der Waals surface area contributed by atoms with Crippen molar-refractivity contribution in [3.8, 4) is 0 Å². The van der Waals surface area contributed by atoms with E-state index in [4.69, 9.17) is 9.47 Å². The van der Waals surface area contributed by atoms with Gasteiger partial charge in [0, 0.05) is 23.2 Å². The largest absolute Gasteiger partial charge is 0.427 e. The van der Waals surface area contributed by atoms with Crippen molar-refractivity contribution in [3.05, 3.63) is 46.5 Å². The fourth-order valence-electron chi connectivity index (χ4n) is 7.33. The molecular weight excluding hydrogens is 392 g/mol. The molecule has 1 spiro atoms. The van der Waals surface area contributed by atoms with E-state index in [1.54, 1.807) is 0 Å².